The van der Waals surface area contributed by atoms with E-state index in [4.69, 9.17) is 9.84 Å². The van der Waals surface area contributed by atoms with Crippen molar-refractivity contribution in [3.63, 3.8) is 0 Å². The summed E-state index contributed by atoms with van der Waals surface area (Å²) >= 11 is 0. The van der Waals surface area contributed by atoms with Crippen LogP contribution in [0.5, 0.6) is 0 Å². The molecule has 2 heterocycles. The Kier molecular flexibility index (Phi) is 2.29. The SMILES string of the molecule is OCCC1(c2ccncc2)COC1. The molecule has 0 unspecified atom stereocenters. The Hall–Kier alpha value is -0.930. The summed E-state index contributed by atoms with van der Waals surface area (Å²) < 4.78 is 5.21. The standard InChI is InChI=1S/C10H13NO2/c12-6-3-10(7-13-8-10)9-1-4-11-5-2-9/h1-2,4-5,12H,3,6-8H2. The Morgan fingerprint density at radius 2 is 2.08 bits per heavy atom. The highest BCUT2D eigenvalue weighted by atomic mass is 16.5. The van der Waals surface area contributed by atoms with Gasteiger partial charge in [-0.15, -0.1) is 0 Å². The molecule has 2 rings (SSSR count). The summed E-state index contributed by atoms with van der Waals surface area (Å²) in [5, 5.41) is 8.96. The van der Waals surface area contributed by atoms with Gasteiger partial charge in [-0.3, -0.25) is 4.98 Å². The molecule has 1 N–H and O–H groups in total. The summed E-state index contributed by atoms with van der Waals surface area (Å²) in [6.07, 6.45) is 4.34. The maximum Gasteiger partial charge on any atom is 0.0586 e. The summed E-state index contributed by atoms with van der Waals surface area (Å²) in [6, 6.07) is 4.00. The Balaban J connectivity index is 2.22. The second kappa shape index (κ2) is 3.44. The quantitative estimate of drug-likeness (QED) is 0.743. The molecule has 0 radical (unpaired) electrons. The van der Waals surface area contributed by atoms with Gasteiger partial charge in [0.25, 0.3) is 0 Å². The molecule has 0 aliphatic carbocycles. The Morgan fingerprint density at radius 3 is 2.54 bits per heavy atom. The van der Waals surface area contributed by atoms with Gasteiger partial charge in [-0.1, -0.05) is 0 Å². The topological polar surface area (TPSA) is 42.4 Å². The number of aliphatic hydroxyl groups is 1. The average Bonchev–Trinajstić information content (AvgIpc) is 2.13. The van der Waals surface area contributed by atoms with Gasteiger partial charge in [0, 0.05) is 24.4 Å². The van der Waals surface area contributed by atoms with Crippen molar-refractivity contribution in [1.29, 1.82) is 0 Å². The van der Waals surface area contributed by atoms with Gasteiger partial charge in [-0.05, 0) is 24.1 Å². The van der Waals surface area contributed by atoms with Gasteiger partial charge in [0.05, 0.1) is 13.2 Å². The van der Waals surface area contributed by atoms with Gasteiger partial charge < -0.3 is 9.84 Å². The van der Waals surface area contributed by atoms with Crippen LogP contribution >= 0.6 is 0 Å². The molecule has 1 aliphatic rings. The van der Waals surface area contributed by atoms with Crippen molar-refractivity contribution in [1.82, 2.24) is 4.98 Å². The summed E-state index contributed by atoms with van der Waals surface area (Å²) in [7, 11) is 0. The van der Waals surface area contributed by atoms with E-state index in [2.05, 4.69) is 4.98 Å². The van der Waals surface area contributed by atoms with Crippen LogP contribution in [-0.2, 0) is 10.2 Å². The third kappa shape index (κ3) is 1.45. The minimum atomic E-state index is 0.0533. The van der Waals surface area contributed by atoms with Crippen LogP contribution in [0.3, 0.4) is 0 Å². The van der Waals surface area contributed by atoms with Crippen LogP contribution in [0.15, 0.2) is 24.5 Å². The fourth-order valence-corrected chi connectivity index (χ4v) is 1.72. The molecule has 1 aromatic rings. The van der Waals surface area contributed by atoms with E-state index in [9.17, 15) is 0 Å². The van der Waals surface area contributed by atoms with Crippen LogP contribution in [0.25, 0.3) is 0 Å². The van der Waals surface area contributed by atoms with E-state index >= 15 is 0 Å². The van der Waals surface area contributed by atoms with E-state index < -0.39 is 0 Å². The molecule has 0 aromatic carbocycles. The van der Waals surface area contributed by atoms with Gasteiger partial charge in [-0.25, -0.2) is 0 Å². The molecule has 1 fully saturated rings. The fourth-order valence-electron chi connectivity index (χ4n) is 1.72. The van der Waals surface area contributed by atoms with Crippen molar-refractivity contribution >= 4 is 0 Å². The van der Waals surface area contributed by atoms with Crippen LogP contribution in [0.2, 0.25) is 0 Å². The molecule has 70 valence electrons. The van der Waals surface area contributed by atoms with E-state index in [1.54, 1.807) is 12.4 Å². The number of nitrogens with zero attached hydrogens (tertiary/aromatic N) is 1. The minimum absolute atomic E-state index is 0.0533. The molecule has 0 bridgehead atoms. The van der Waals surface area contributed by atoms with Crippen molar-refractivity contribution in [3.05, 3.63) is 30.1 Å². The summed E-state index contributed by atoms with van der Waals surface area (Å²) in [5.41, 5.74) is 1.28. The molecular weight excluding hydrogens is 166 g/mol. The largest absolute Gasteiger partial charge is 0.396 e. The second-order valence-electron chi connectivity index (χ2n) is 3.48. The third-order valence-corrected chi connectivity index (χ3v) is 2.64. The number of aromatic nitrogens is 1. The number of hydrogen-bond acceptors (Lipinski definition) is 3. The number of rotatable bonds is 3. The number of pyridine rings is 1. The maximum atomic E-state index is 8.96. The normalized spacial score (nSPS) is 19.5. The molecule has 3 nitrogen and oxygen atoms in total. The Morgan fingerprint density at radius 1 is 1.38 bits per heavy atom. The molecule has 1 saturated heterocycles. The molecule has 3 heteroatoms. The Labute approximate surface area is 77.4 Å². The summed E-state index contributed by atoms with van der Waals surface area (Å²) in [5.74, 6) is 0. The predicted molar refractivity (Wildman–Crippen MR) is 48.4 cm³/mol. The van der Waals surface area contributed by atoms with Crippen LogP contribution in [0.4, 0.5) is 0 Å². The predicted octanol–water partition coefficient (Wildman–Crippen LogP) is 0.732. The van der Waals surface area contributed by atoms with E-state index in [1.807, 2.05) is 12.1 Å². The lowest BCUT2D eigenvalue weighted by Crippen LogP contribution is -2.47. The highest BCUT2D eigenvalue weighted by Gasteiger charge is 2.39. The van der Waals surface area contributed by atoms with Gasteiger partial charge >= 0.3 is 0 Å². The highest BCUT2D eigenvalue weighted by molar-refractivity contribution is 5.25. The van der Waals surface area contributed by atoms with E-state index in [0.29, 0.717) is 0 Å². The second-order valence-corrected chi connectivity index (χ2v) is 3.48. The first kappa shape index (κ1) is 8.66. The highest BCUT2D eigenvalue weighted by Crippen LogP contribution is 2.34. The van der Waals surface area contributed by atoms with Crippen molar-refractivity contribution in [2.75, 3.05) is 19.8 Å². The first-order chi connectivity index (χ1) is 6.37. The molecule has 0 saturated carbocycles. The van der Waals surface area contributed by atoms with E-state index in [1.165, 1.54) is 5.56 Å². The zero-order chi connectivity index (χ0) is 9.15. The maximum absolute atomic E-state index is 8.96. The molecule has 0 amide bonds. The molecule has 0 spiro atoms. The van der Waals surface area contributed by atoms with Crippen molar-refractivity contribution in [3.8, 4) is 0 Å². The van der Waals surface area contributed by atoms with Crippen molar-refractivity contribution < 1.29 is 9.84 Å². The lowest BCUT2D eigenvalue weighted by molar-refractivity contribution is -0.0701. The smallest absolute Gasteiger partial charge is 0.0586 e. The number of ether oxygens (including phenoxy) is 1. The lowest BCUT2D eigenvalue weighted by Gasteiger charge is -2.41. The van der Waals surface area contributed by atoms with E-state index in [0.717, 1.165) is 19.6 Å². The van der Waals surface area contributed by atoms with Crippen LogP contribution in [0.1, 0.15) is 12.0 Å². The molecule has 1 aliphatic heterocycles. The monoisotopic (exact) mass is 179 g/mol. The molecule has 1 aromatic heterocycles. The molecule has 0 atom stereocenters. The zero-order valence-electron chi connectivity index (χ0n) is 7.44. The summed E-state index contributed by atoms with van der Waals surface area (Å²) in [4.78, 5) is 3.97. The van der Waals surface area contributed by atoms with Gasteiger partial charge in [-0.2, -0.15) is 0 Å². The lowest BCUT2D eigenvalue weighted by atomic mass is 9.76. The average molecular weight is 179 g/mol. The van der Waals surface area contributed by atoms with Gasteiger partial charge in [0.15, 0.2) is 0 Å². The van der Waals surface area contributed by atoms with Crippen molar-refractivity contribution in [2.24, 2.45) is 0 Å². The van der Waals surface area contributed by atoms with Crippen LogP contribution in [0, 0.1) is 0 Å². The van der Waals surface area contributed by atoms with E-state index in [-0.39, 0.29) is 12.0 Å². The van der Waals surface area contributed by atoms with Crippen LogP contribution < -0.4 is 0 Å². The minimum Gasteiger partial charge on any atom is -0.396 e. The molecular formula is C10H13NO2. The van der Waals surface area contributed by atoms with Gasteiger partial charge in [0.2, 0.25) is 0 Å². The number of hydrogen-bond donors (Lipinski definition) is 1. The van der Waals surface area contributed by atoms with Crippen LogP contribution in [-0.4, -0.2) is 29.9 Å². The third-order valence-electron chi connectivity index (χ3n) is 2.64. The first-order valence-electron chi connectivity index (χ1n) is 4.46. The van der Waals surface area contributed by atoms with Gasteiger partial charge in [0.1, 0.15) is 0 Å². The zero-order valence-corrected chi connectivity index (χ0v) is 7.44. The van der Waals surface area contributed by atoms with Crippen molar-refractivity contribution in [2.45, 2.75) is 11.8 Å². The fraction of sp³-hybridized carbons (Fsp3) is 0.500. The number of aliphatic hydroxyl groups excluding tert-OH is 1. The molecule has 13 heavy (non-hydrogen) atoms. The first-order valence-corrected chi connectivity index (χ1v) is 4.46. The Bertz CT molecular complexity index is 270. The summed E-state index contributed by atoms with van der Waals surface area (Å²) in [6.45, 7) is 1.65.